The summed E-state index contributed by atoms with van der Waals surface area (Å²) in [5.74, 6) is -1.03. The third kappa shape index (κ3) is 1.84. The first-order valence-electron chi connectivity index (χ1n) is 5.58. The molecule has 0 spiro atoms. The minimum atomic E-state index is -1.03. The van der Waals surface area contributed by atoms with E-state index in [-0.39, 0.29) is 11.3 Å². The largest absolute Gasteiger partial charge is 0.478 e. The van der Waals surface area contributed by atoms with E-state index in [9.17, 15) is 4.79 Å². The molecule has 1 aromatic carbocycles. The summed E-state index contributed by atoms with van der Waals surface area (Å²) in [4.78, 5) is 11.1. The number of hydrogen-bond donors (Lipinski definition) is 2. The molecule has 0 aliphatic heterocycles. The quantitative estimate of drug-likeness (QED) is 0.794. The number of anilines is 1. The first-order chi connectivity index (χ1) is 8.41. The maximum absolute atomic E-state index is 11.1. The molecule has 1 heterocycles. The van der Waals surface area contributed by atoms with Gasteiger partial charge in [-0.2, -0.15) is 5.10 Å². The van der Waals surface area contributed by atoms with Gasteiger partial charge in [0.05, 0.1) is 16.9 Å². The van der Waals surface area contributed by atoms with Crippen LogP contribution in [0, 0.1) is 20.8 Å². The monoisotopic (exact) mass is 245 g/mol. The van der Waals surface area contributed by atoms with Crippen molar-refractivity contribution >= 4 is 11.7 Å². The van der Waals surface area contributed by atoms with E-state index >= 15 is 0 Å². The molecule has 0 aliphatic carbocycles. The molecular formula is C13H15N3O2. The van der Waals surface area contributed by atoms with Crippen molar-refractivity contribution in [1.29, 1.82) is 0 Å². The molecule has 3 N–H and O–H groups in total. The Morgan fingerprint density at radius 3 is 2.50 bits per heavy atom. The number of aromatic carboxylic acids is 1. The normalized spacial score (nSPS) is 10.6. The fourth-order valence-electron chi connectivity index (χ4n) is 1.83. The number of carbonyl (C=O) groups is 1. The van der Waals surface area contributed by atoms with Crippen LogP contribution in [0.25, 0.3) is 5.69 Å². The summed E-state index contributed by atoms with van der Waals surface area (Å²) in [5.41, 5.74) is 9.71. The highest BCUT2D eigenvalue weighted by Crippen LogP contribution is 2.20. The first kappa shape index (κ1) is 12.2. The SMILES string of the molecule is Cc1nn(-c2ccc(N)c(C(=O)O)c2)c(C)c1C. The van der Waals surface area contributed by atoms with Crippen LogP contribution in [0.3, 0.4) is 0 Å². The molecule has 0 amide bonds. The second-order valence-electron chi connectivity index (χ2n) is 4.28. The number of nitrogens with two attached hydrogens (primary N) is 1. The second-order valence-corrected chi connectivity index (χ2v) is 4.28. The Balaban J connectivity index is 2.61. The molecule has 0 saturated carbocycles. The number of carboxylic acid groups (broad SMARTS) is 1. The van der Waals surface area contributed by atoms with E-state index < -0.39 is 5.97 Å². The molecule has 94 valence electrons. The molecule has 2 aromatic rings. The lowest BCUT2D eigenvalue weighted by atomic mass is 10.1. The smallest absolute Gasteiger partial charge is 0.337 e. The van der Waals surface area contributed by atoms with E-state index in [0.29, 0.717) is 5.69 Å². The van der Waals surface area contributed by atoms with Crippen LogP contribution in [-0.2, 0) is 0 Å². The molecule has 5 heteroatoms. The summed E-state index contributed by atoms with van der Waals surface area (Å²) >= 11 is 0. The summed E-state index contributed by atoms with van der Waals surface area (Å²) in [6, 6.07) is 4.89. The van der Waals surface area contributed by atoms with Crippen LogP contribution < -0.4 is 5.73 Å². The van der Waals surface area contributed by atoms with Gasteiger partial charge in [0.25, 0.3) is 0 Å². The summed E-state index contributed by atoms with van der Waals surface area (Å²) in [6.07, 6.45) is 0. The van der Waals surface area contributed by atoms with Crippen molar-refractivity contribution in [2.24, 2.45) is 0 Å². The van der Waals surface area contributed by atoms with Gasteiger partial charge in [-0.3, -0.25) is 0 Å². The molecule has 0 radical (unpaired) electrons. The lowest BCUT2D eigenvalue weighted by molar-refractivity contribution is 0.0698. The minimum absolute atomic E-state index is 0.0951. The Labute approximate surface area is 105 Å². The van der Waals surface area contributed by atoms with Crippen molar-refractivity contribution in [3.63, 3.8) is 0 Å². The van der Waals surface area contributed by atoms with Crippen molar-refractivity contribution in [2.45, 2.75) is 20.8 Å². The van der Waals surface area contributed by atoms with Crippen LogP contribution in [0.4, 0.5) is 5.69 Å². The maximum Gasteiger partial charge on any atom is 0.337 e. The Hall–Kier alpha value is -2.30. The van der Waals surface area contributed by atoms with Gasteiger partial charge >= 0.3 is 5.97 Å². The van der Waals surface area contributed by atoms with Crippen molar-refractivity contribution < 1.29 is 9.90 Å². The van der Waals surface area contributed by atoms with Gasteiger partial charge in [-0.05, 0) is 44.5 Å². The molecule has 5 nitrogen and oxygen atoms in total. The summed E-state index contributed by atoms with van der Waals surface area (Å²) in [7, 11) is 0. The third-order valence-corrected chi connectivity index (χ3v) is 3.16. The third-order valence-electron chi connectivity index (χ3n) is 3.16. The molecule has 0 aliphatic rings. The molecule has 0 atom stereocenters. The van der Waals surface area contributed by atoms with Gasteiger partial charge in [0.15, 0.2) is 0 Å². The highest BCUT2D eigenvalue weighted by atomic mass is 16.4. The Kier molecular flexibility index (Phi) is 2.82. The number of carboxylic acids is 1. The fraction of sp³-hybridized carbons (Fsp3) is 0.231. The Morgan fingerprint density at radius 2 is 2.00 bits per heavy atom. The van der Waals surface area contributed by atoms with E-state index in [1.54, 1.807) is 16.8 Å². The molecular weight excluding hydrogens is 230 g/mol. The molecule has 0 bridgehead atoms. The topological polar surface area (TPSA) is 81.1 Å². The van der Waals surface area contributed by atoms with Gasteiger partial charge in [0, 0.05) is 11.4 Å². The average molecular weight is 245 g/mol. The van der Waals surface area contributed by atoms with E-state index in [1.165, 1.54) is 6.07 Å². The van der Waals surface area contributed by atoms with Gasteiger partial charge in [-0.15, -0.1) is 0 Å². The lowest BCUT2D eigenvalue weighted by Crippen LogP contribution is -2.06. The van der Waals surface area contributed by atoms with Crippen molar-refractivity contribution in [1.82, 2.24) is 9.78 Å². The van der Waals surface area contributed by atoms with Crippen LogP contribution in [-0.4, -0.2) is 20.9 Å². The molecule has 1 aromatic heterocycles. The summed E-state index contributed by atoms with van der Waals surface area (Å²) < 4.78 is 1.73. The standard InChI is InChI=1S/C13H15N3O2/c1-7-8(2)15-16(9(7)3)10-4-5-12(14)11(6-10)13(17)18/h4-6H,14H2,1-3H3,(H,17,18). The van der Waals surface area contributed by atoms with Crippen molar-refractivity contribution in [3.8, 4) is 5.69 Å². The highest BCUT2D eigenvalue weighted by molar-refractivity contribution is 5.94. The van der Waals surface area contributed by atoms with Gasteiger partial charge in [0.2, 0.25) is 0 Å². The van der Waals surface area contributed by atoms with Gasteiger partial charge in [-0.1, -0.05) is 0 Å². The number of aromatic nitrogens is 2. The van der Waals surface area contributed by atoms with Crippen LogP contribution in [0.15, 0.2) is 18.2 Å². The number of aryl methyl sites for hydroxylation is 1. The number of benzene rings is 1. The maximum atomic E-state index is 11.1. The van der Waals surface area contributed by atoms with Gasteiger partial charge < -0.3 is 10.8 Å². The predicted octanol–water partition coefficient (Wildman–Crippen LogP) is 2.08. The van der Waals surface area contributed by atoms with Crippen LogP contribution >= 0.6 is 0 Å². The van der Waals surface area contributed by atoms with Crippen LogP contribution in [0.5, 0.6) is 0 Å². The van der Waals surface area contributed by atoms with Gasteiger partial charge in [-0.25, -0.2) is 9.48 Å². The van der Waals surface area contributed by atoms with E-state index in [4.69, 9.17) is 10.8 Å². The first-order valence-corrected chi connectivity index (χ1v) is 5.58. The summed E-state index contributed by atoms with van der Waals surface area (Å²) in [6.45, 7) is 5.87. The van der Waals surface area contributed by atoms with Crippen LogP contribution in [0.2, 0.25) is 0 Å². The average Bonchev–Trinajstić information content (AvgIpc) is 2.57. The van der Waals surface area contributed by atoms with E-state index in [2.05, 4.69) is 5.10 Å². The Morgan fingerprint density at radius 1 is 1.33 bits per heavy atom. The summed E-state index contributed by atoms with van der Waals surface area (Å²) in [5, 5.41) is 13.4. The van der Waals surface area contributed by atoms with E-state index in [1.807, 2.05) is 20.8 Å². The Bertz CT molecular complexity index is 629. The highest BCUT2D eigenvalue weighted by Gasteiger charge is 2.13. The number of nitrogen functional groups attached to an aromatic ring is 1. The zero-order valence-electron chi connectivity index (χ0n) is 10.6. The minimum Gasteiger partial charge on any atom is -0.478 e. The zero-order valence-corrected chi connectivity index (χ0v) is 10.6. The van der Waals surface area contributed by atoms with Gasteiger partial charge in [0.1, 0.15) is 0 Å². The fourth-order valence-corrected chi connectivity index (χ4v) is 1.83. The molecule has 0 unspecified atom stereocenters. The second kappa shape index (κ2) is 4.18. The molecule has 2 rings (SSSR count). The number of rotatable bonds is 2. The number of nitrogens with zero attached hydrogens (tertiary/aromatic N) is 2. The van der Waals surface area contributed by atoms with Crippen molar-refractivity contribution in [3.05, 3.63) is 40.7 Å². The number of hydrogen-bond acceptors (Lipinski definition) is 3. The molecule has 0 saturated heterocycles. The lowest BCUT2D eigenvalue weighted by Gasteiger charge is -2.07. The molecule has 0 fully saturated rings. The molecule has 18 heavy (non-hydrogen) atoms. The zero-order chi connectivity index (χ0) is 13.4. The van der Waals surface area contributed by atoms with Crippen LogP contribution in [0.1, 0.15) is 27.3 Å². The van der Waals surface area contributed by atoms with Crippen molar-refractivity contribution in [2.75, 3.05) is 5.73 Å². The predicted molar refractivity (Wildman–Crippen MR) is 69.1 cm³/mol. The van der Waals surface area contributed by atoms with E-state index in [0.717, 1.165) is 17.0 Å².